The lowest BCUT2D eigenvalue weighted by molar-refractivity contribution is 0.0866. The third-order valence-electron chi connectivity index (χ3n) is 7.97. The Morgan fingerprint density at radius 3 is 2.24 bits per heavy atom. The third kappa shape index (κ3) is 4.64. The maximum Gasteiger partial charge on any atom is 0.410 e. The lowest BCUT2D eigenvalue weighted by Gasteiger charge is -2.33. The summed E-state index contributed by atoms with van der Waals surface area (Å²) in [6, 6.07) is 25.6. The Bertz CT molecular complexity index is 1270. The molecule has 0 radical (unpaired) electrons. The number of benzene rings is 3. The van der Waals surface area contributed by atoms with E-state index in [0.29, 0.717) is 13.2 Å². The topological polar surface area (TPSA) is 42.0 Å². The predicted molar refractivity (Wildman–Crippen MR) is 147 cm³/mol. The minimum atomic E-state index is -0.186. The second-order valence-corrected chi connectivity index (χ2v) is 10.6. The van der Waals surface area contributed by atoms with Crippen molar-refractivity contribution in [1.29, 1.82) is 0 Å². The number of likely N-dealkylation sites (N-methyl/N-ethyl adjacent to an activating group) is 1. The van der Waals surface area contributed by atoms with Crippen LogP contribution in [0, 0.1) is 0 Å². The van der Waals surface area contributed by atoms with E-state index in [1.807, 2.05) is 31.1 Å². The molecular formula is C32H34N2O3. The minimum Gasteiger partial charge on any atom is -0.492 e. The summed E-state index contributed by atoms with van der Waals surface area (Å²) in [5, 5.41) is 0. The van der Waals surface area contributed by atoms with Crippen molar-refractivity contribution in [3.05, 3.63) is 95.6 Å². The highest BCUT2D eigenvalue weighted by atomic mass is 16.6. The fourth-order valence-corrected chi connectivity index (χ4v) is 6.11. The van der Waals surface area contributed by atoms with E-state index in [0.717, 1.165) is 31.6 Å². The molecule has 2 heterocycles. The molecule has 37 heavy (non-hydrogen) atoms. The van der Waals surface area contributed by atoms with Crippen LogP contribution < -0.4 is 4.74 Å². The van der Waals surface area contributed by atoms with Crippen LogP contribution in [0.4, 0.5) is 4.79 Å². The van der Waals surface area contributed by atoms with E-state index in [1.54, 1.807) is 0 Å². The maximum atomic E-state index is 13.3. The van der Waals surface area contributed by atoms with Gasteiger partial charge in [0, 0.05) is 18.5 Å². The lowest BCUT2D eigenvalue weighted by atomic mass is 9.95. The number of hydrogen-bond acceptors (Lipinski definition) is 4. The first-order valence-corrected chi connectivity index (χ1v) is 13.3. The molecule has 2 atom stereocenters. The summed E-state index contributed by atoms with van der Waals surface area (Å²) < 4.78 is 11.9. The van der Waals surface area contributed by atoms with Crippen LogP contribution in [-0.2, 0) is 4.74 Å². The van der Waals surface area contributed by atoms with Gasteiger partial charge in [-0.1, -0.05) is 66.7 Å². The van der Waals surface area contributed by atoms with Crippen LogP contribution in [-0.4, -0.2) is 61.8 Å². The van der Waals surface area contributed by atoms with Gasteiger partial charge in [0.1, 0.15) is 19.0 Å². The molecule has 3 aromatic carbocycles. The van der Waals surface area contributed by atoms with E-state index >= 15 is 0 Å². The van der Waals surface area contributed by atoms with Gasteiger partial charge >= 0.3 is 6.09 Å². The van der Waals surface area contributed by atoms with Crippen LogP contribution in [0.25, 0.3) is 16.7 Å². The lowest BCUT2D eigenvalue weighted by Crippen LogP contribution is -2.43. The smallest absolute Gasteiger partial charge is 0.410 e. The first-order chi connectivity index (χ1) is 18.1. The fraction of sp³-hybridized carbons (Fsp3) is 0.344. The van der Waals surface area contributed by atoms with Crippen molar-refractivity contribution in [2.75, 3.05) is 33.9 Å². The van der Waals surface area contributed by atoms with E-state index in [-0.39, 0.29) is 24.1 Å². The zero-order valence-corrected chi connectivity index (χ0v) is 21.6. The zero-order chi connectivity index (χ0) is 25.4. The Morgan fingerprint density at radius 1 is 0.919 bits per heavy atom. The average molecular weight is 495 g/mol. The van der Waals surface area contributed by atoms with Crippen molar-refractivity contribution < 1.29 is 14.3 Å². The molecule has 2 aliphatic heterocycles. The van der Waals surface area contributed by atoms with Gasteiger partial charge in [-0.15, -0.1) is 0 Å². The molecule has 3 aliphatic rings. The van der Waals surface area contributed by atoms with E-state index in [9.17, 15) is 4.79 Å². The molecule has 2 bridgehead atoms. The van der Waals surface area contributed by atoms with Crippen molar-refractivity contribution in [2.45, 2.75) is 37.3 Å². The molecule has 0 saturated carbocycles. The molecule has 5 heteroatoms. The standard InChI is InChI=1S/C32H34N2O3/c1-33(2)17-18-36-26-15-11-22(12-16-26)23-19-24-13-14-25(20-23)34(24)32(35)37-21-31-29-9-5-3-7-27(29)28-8-4-6-10-30(28)31/h3-12,15-16,19,24-25,31H,13-14,17-18,20-21H2,1-2H3. The van der Waals surface area contributed by atoms with E-state index in [4.69, 9.17) is 9.47 Å². The van der Waals surface area contributed by atoms with Gasteiger partial charge in [0.2, 0.25) is 0 Å². The number of hydrogen-bond donors (Lipinski definition) is 0. The molecule has 2 unspecified atom stereocenters. The molecule has 5 nitrogen and oxygen atoms in total. The molecule has 0 N–H and O–H groups in total. The Morgan fingerprint density at radius 2 is 1.59 bits per heavy atom. The van der Waals surface area contributed by atoms with Crippen LogP contribution in [0.2, 0.25) is 0 Å². The quantitative estimate of drug-likeness (QED) is 0.392. The SMILES string of the molecule is CN(C)CCOc1ccc(C2=CC3CCC(C2)N3C(=O)OCC2c3ccccc3-c3ccccc32)cc1. The number of amides is 1. The van der Waals surface area contributed by atoms with Gasteiger partial charge in [-0.25, -0.2) is 4.79 Å². The Labute approximate surface area is 219 Å². The van der Waals surface area contributed by atoms with E-state index in [2.05, 4.69) is 71.6 Å². The first-order valence-electron chi connectivity index (χ1n) is 13.3. The third-order valence-corrected chi connectivity index (χ3v) is 7.97. The average Bonchev–Trinajstić information content (AvgIpc) is 3.38. The Kier molecular flexibility index (Phi) is 6.47. The van der Waals surface area contributed by atoms with Crippen molar-refractivity contribution in [2.24, 2.45) is 0 Å². The normalized spacial score (nSPS) is 20.0. The van der Waals surface area contributed by atoms with Gasteiger partial charge in [-0.05, 0) is 78.9 Å². The summed E-state index contributed by atoms with van der Waals surface area (Å²) in [4.78, 5) is 17.4. The second-order valence-electron chi connectivity index (χ2n) is 10.6. The summed E-state index contributed by atoms with van der Waals surface area (Å²) >= 11 is 0. The number of carbonyl (C=O) groups is 1. The summed E-state index contributed by atoms with van der Waals surface area (Å²) in [5.41, 5.74) is 7.51. The highest BCUT2D eigenvalue weighted by Crippen LogP contribution is 2.45. The summed E-state index contributed by atoms with van der Waals surface area (Å²) in [5.74, 6) is 0.980. The van der Waals surface area contributed by atoms with Gasteiger partial charge in [0.05, 0.1) is 6.04 Å². The minimum absolute atomic E-state index is 0.0864. The van der Waals surface area contributed by atoms with E-state index < -0.39 is 0 Å². The van der Waals surface area contributed by atoms with Gasteiger partial charge < -0.3 is 14.4 Å². The summed E-state index contributed by atoms with van der Waals surface area (Å²) in [6.45, 7) is 1.94. The molecule has 3 aromatic rings. The fourth-order valence-electron chi connectivity index (χ4n) is 6.11. The second kappa shape index (κ2) is 10.1. The molecule has 1 amide bonds. The van der Waals surface area contributed by atoms with Crippen LogP contribution in [0.5, 0.6) is 5.75 Å². The maximum absolute atomic E-state index is 13.3. The number of nitrogens with zero attached hydrogens (tertiary/aromatic N) is 2. The Hall–Kier alpha value is -3.57. The van der Waals surface area contributed by atoms with Crippen LogP contribution in [0.15, 0.2) is 78.9 Å². The molecule has 0 spiro atoms. The van der Waals surface area contributed by atoms with Crippen molar-refractivity contribution in [1.82, 2.24) is 9.80 Å². The van der Waals surface area contributed by atoms with Crippen molar-refractivity contribution in [3.8, 4) is 16.9 Å². The van der Waals surface area contributed by atoms with Gasteiger partial charge in [-0.3, -0.25) is 4.90 Å². The largest absolute Gasteiger partial charge is 0.492 e. The monoisotopic (exact) mass is 494 g/mol. The zero-order valence-electron chi connectivity index (χ0n) is 21.6. The Balaban J connectivity index is 1.12. The molecule has 0 aromatic heterocycles. The molecular weight excluding hydrogens is 460 g/mol. The molecule has 1 fully saturated rings. The number of rotatable bonds is 7. The van der Waals surface area contributed by atoms with Crippen molar-refractivity contribution in [3.63, 3.8) is 0 Å². The van der Waals surface area contributed by atoms with Crippen LogP contribution in [0.3, 0.4) is 0 Å². The van der Waals surface area contributed by atoms with Gasteiger partial charge in [0.15, 0.2) is 0 Å². The summed E-state index contributed by atoms with van der Waals surface area (Å²) in [7, 11) is 4.09. The van der Waals surface area contributed by atoms with Crippen LogP contribution >= 0.6 is 0 Å². The van der Waals surface area contributed by atoms with Gasteiger partial charge in [0.25, 0.3) is 0 Å². The highest BCUT2D eigenvalue weighted by Gasteiger charge is 2.41. The molecule has 6 rings (SSSR count). The highest BCUT2D eigenvalue weighted by molar-refractivity contribution is 5.79. The number of ether oxygens (including phenoxy) is 2. The molecule has 190 valence electrons. The van der Waals surface area contributed by atoms with Gasteiger partial charge in [-0.2, -0.15) is 0 Å². The van der Waals surface area contributed by atoms with Crippen LogP contribution in [0.1, 0.15) is 41.9 Å². The van der Waals surface area contributed by atoms with Crippen molar-refractivity contribution >= 4 is 11.7 Å². The first kappa shape index (κ1) is 23.8. The number of carbonyl (C=O) groups excluding carboxylic acids is 1. The molecule has 1 aliphatic carbocycles. The molecule has 1 saturated heterocycles. The number of fused-ring (bicyclic) bond motifs is 5. The predicted octanol–water partition coefficient (Wildman–Crippen LogP) is 6.20. The van der Waals surface area contributed by atoms with E-state index in [1.165, 1.54) is 33.4 Å². The summed E-state index contributed by atoms with van der Waals surface area (Å²) in [6.07, 6.45) is 4.95.